The van der Waals surface area contributed by atoms with E-state index in [0.29, 0.717) is 5.56 Å². The van der Waals surface area contributed by atoms with E-state index in [9.17, 15) is 9.59 Å². The Kier molecular flexibility index (Phi) is 1.78. The number of para-hydroxylation sites is 1. The summed E-state index contributed by atoms with van der Waals surface area (Å²) in [5.41, 5.74) is 2.46. The largest absolute Gasteiger partial charge is 0.354 e. The minimum atomic E-state index is -0.393. The molecule has 3 nitrogen and oxygen atoms in total. The van der Waals surface area contributed by atoms with Gasteiger partial charge in [0, 0.05) is 32.3 Å². The normalized spacial score (nSPS) is 14.7. The van der Waals surface area contributed by atoms with Crippen LogP contribution in [0.5, 0.6) is 0 Å². The van der Waals surface area contributed by atoms with Crippen molar-refractivity contribution in [3.05, 3.63) is 42.0 Å². The predicted octanol–water partition coefficient (Wildman–Crippen LogP) is 3.14. The highest BCUT2D eigenvalue weighted by atomic mass is 32.2. The lowest BCUT2D eigenvalue weighted by Crippen LogP contribution is -2.01. The van der Waals surface area contributed by atoms with Crippen LogP contribution in [0.2, 0.25) is 0 Å². The fourth-order valence-corrected chi connectivity index (χ4v) is 3.24. The van der Waals surface area contributed by atoms with E-state index in [2.05, 4.69) is 4.98 Å². The number of carbonyl (C=O) groups excluding carboxylic acids is 2. The molecule has 0 bridgehead atoms. The Hall–Kier alpha value is -2.07. The Balaban J connectivity index is 2.15. The highest BCUT2D eigenvalue weighted by Crippen LogP contribution is 2.37. The van der Waals surface area contributed by atoms with Gasteiger partial charge in [0.05, 0.1) is 0 Å². The zero-order valence-electron chi connectivity index (χ0n) is 9.19. The number of aromatic nitrogens is 1. The van der Waals surface area contributed by atoms with Crippen molar-refractivity contribution < 1.29 is 9.59 Å². The number of nitrogens with one attached hydrogen (secondary N) is 1. The zero-order valence-corrected chi connectivity index (χ0v) is 10.0. The number of benzene rings is 2. The van der Waals surface area contributed by atoms with Gasteiger partial charge in [0.15, 0.2) is 0 Å². The van der Waals surface area contributed by atoms with E-state index in [1.807, 2.05) is 30.3 Å². The quantitative estimate of drug-likeness (QED) is 0.626. The second kappa shape index (κ2) is 3.23. The molecule has 1 N–H and O–H groups in total. The van der Waals surface area contributed by atoms with Crippen molar-refractivity contribution in [3.63, 3.8) is 0 Å². The van der Waals surface area contributed by atoms with Gasteiger partial charge >= 0.3 is 0 Å². The van der Waals surface area contributed by atoms with Gasteiger partial charge in [0.2, 0.25) is 5.78 Å². The first-order chi connectivity index (χ1) is 8.74. The van der Waals surface area contributed by atoms with Gasteiger partial charge in [-0.1, -0.05) is 18.2 Å². The maximum absolute atomic E-state index is 11.7. The molecule has 0 amide bonds. The second-order valence-corrected chi connectivity index (χ2v) is 5.30. The highest BCUT2D eigenvalue weighted by molar-refractivity contribution is 8.16. The molecule has 1 aliphatic heterocycles. The number of fused-ring (bicyclic) bond motifs is 4. The molecule has 2 aromatic carbocycles. The molecule has 1 aromatic heterocycles. The Morgan fingerprint density at radius 3 is 2.67 bits per heavy atom. The van der Waals surface area contributed by atoms with Crippen LogP contribution in [0, 0.1) is 0 Å². The summed E-state index contributed by atoms with van der Waals surface area (Å²) >= 11 is 1.02. The van der Waals surface area contributed by atoms with Crippen LogP contribution in [0.1, 0.15) is 10.4 Å². The molecular formula is C14H7NO2S. The Morgan fingerprint density at radius 2 is 1.78 bits per heavy atom. The molecule has 4 heteroatoms. The summed E-state index contributed by atoms with van der Waals surface area (Å²) in [4.78, 5) is 27.1. The third-order valence-electron chi connectivity index (χ3n) is 3.24. The molecule has 18 heavy (non-hydrogen) atoms. The van der Waals surface area contributed by atoms with Gasteiger partial charge in [0.25, 0.3) is 5.12 Å². The number of hydrogen-bond donors (Lipinski definition) is 1. The van der Waals surface area contributed by atoms with E-state index in [1.165, 1.54) is 0 Å². The standard InChI is InChI=1S/C14H7NO2S/c16-13-9-5-11-8(6-12(9)18-14(13)17)7-3-1-2-4-10(7)15-11/h1-6,15H. The van der Waals surface area contributed by atoms with Crippen LogP contribution in [-0.2, 0) is 4.79 Å². The number of ketones is 1. The molecule has 1 aliphatic rings. The number of thioether (sulfide) groups is 1. The van der Waals surface area contributed by atoms with Gasteiger partial charge in [-0.05, 0) is 30.0 Å². The summed E-state index contributed by atoms with van der Waals surface area (Å²) in [6, 6.07) is 11.7. The van der Waals surface area contributed by atoms with Crippen molar-refractivity contribution in [2.24, 2.45) is 0 Å². The van der Waals surface area contributed by atoms with Gasteiger partial charge in [-0.15, -0.1) is 0 Å². The number of rotatable bonds is 0. The summed E-state index contributed by atoms with van der Waals surface area (Å²) in [5, 5.41) is 1.78. The number of carbonyl (C=O) groups is 2. The summed E-state index contributed by atoms with van der Waals surface area (Å²) < 4.78 is 0. The van der Waals surface area contributed by atoms with E-state index in [4.69, 9.17) is 0 Å². The number of H-pyrrole nitrogens is 1. The maximum atomic E-state index is 11.7. The lowest BCUT2D eigenvalue weighted by molar-refractivity contribution is -0.107. The smallest absolute Gasteiger partial charge is 0.264 e. The summed E-state index contributed by atoms with van der Waals surface area (Å²) in [7, 11) is 0. The molecule has 0 radical (unpaired) electrons. The van der Waals surface area contributed by atoms with Gasteiger partial charge in [-0.3, -0.25) is 9.59 Å². The van der Waals surface area contributed by atoms with E-state index in [-0.39, 0.29) is 5.12 Å². The number of aromatic amines is 1. The first kappa shape index (κ1) is 9.91. The van der Waals surface area contributed by atoms with Crippen molar-refractivity contribution in [3.8, 4) is 0 Å². The van der Waals surface area contributed by atoms with E-state index >= 15 is 0 Å². The fraction of sp³-hybridized carbons (Fsp3) is 0. The number of hydrogen-bond acceptors (Lipinski definition) is 3. The van der Waals surface area contributed by atoms with Crippen molar-refractivity contribution in [2.45, 2.75) is 4.90 Å². The molecule has 0 unspecified atom stereocenters. The first-order valence-corrected chi connectivity index (χ1v) is 6.37. The van der Waals surface area contributed by atoms with Gasteiger partial charge < -0.3 is 4.98 Å². The lowest BCUT2D eigenvalue weighted by Gasteiger charge is -1.96. The van der Waals surface area contributed by atoms with Crippen LogP contribution in [-0.4, -0.2) is 15.9 Å². The molecule has 0 saturated heterocycles. The minimum Gasteiger partial charge on any atom is -0.354 e. The van der Waals surface area contributed by atoms with Crippen LogP contribution in [0.3, 0.4) is 0 Å². The first-order valence-electron chi connectivity index (χ1n) is 5.55. The van der Waals surface area contributed by atoms with Crippen LogP contribution in [0.4, 0.5) is 0 Å². The summed E-state index contributed by atoms with van der Waals surface area (Å²) in [6.07, 6.45) is 0. The second-order valence-electron chi connectivity index (χ2n) is 4.28. The third kappa shape index (κ3) is 1.15. The molecule has 0 spiro atoms. The lowest BCUT2D eigenvalue weighted by atomic mass is 10.1. The molecular weight excluding hydrogens is 246 g/mol. The summed E-state index contributed by atoms with van der Waals surface area (Å²) in [6.45, 7) is 0. The monoisotopic (exact) mass is 253 g/mol. The topological polar surface area (TPSA) is 49.9 Å². The Bertz CT molecular complexity index is 847. The van der Waals surface area contributed by atoms with Gasteiger partial charge in [-0.2, -0.15) is 0 Å². The Labute approximate surface area is 106 Å². The molecule has 86 valence electrons. The van der Waals surface area contributed by atoms with Crippen molar-refractivity contribution in [1.82, 2.24) is 4.98 Å². The third-order valence-corrected chi connectivity index (χ3v) is 4.17. The summed E-state index contributed by atoms with van der Waals surface area (Å²) in [5.74, 6) is -0.393. The van der Waals surface area contributed by atoms with Crippen LogP contribution >= 0.6 is 11.8 Å². The molecule has 0 aliphatic carbocycles. The van der Waals surface area contributed by atoms with E-state index < -0.39 is 5.78 Å². The van der Waals surface area contributed by atoms with Crippen molar-refractivity contribution >= 4 is 44.5 Å². The molecule has 0 fully saturated rings. The van der Waals surface area contributed by atoms with Gasteiger partial charge in [-0.25, -0.2) is 0 Å². The van der Waals surface area contributed by atoms with E-state index in [1.54, 1.807) is 6.07 Å². The van der Waals surface area contributed by atoms with E-state index in [0.717, 1.165) is 38.5 Å². The Morgan fingerprint density at radius 1 is 0.944 bits per heavy atom. The molecule has 0 saturated carbocycles. The van der Waals surface area contributed by atoms with Crippen LogP contribution < -0.4 is 0 Å². The highest BCUT2D eigenvalue weighted by Gasteiger charge is 2.30. The van der Waals surface area contributed by atoms with Crippen molar-refractivity contribution in [1.29, 1.82) is 0 Å². The van der Waals surface area contributed by atoms with Crippen LogP contribution in [0.15, 0.2) is 41.3 Å². The van der Waals surface area contributed by atoms with Crippen molar-refractivity contribution in [2.75, 3.05) is 0 Å². The fourth-order valence-electron chi connectivity index (χ4n) is 2.40. The molecule has 0 atom stereocenters. The SMILES string of the molecule is O=C1Sc2cc3c(cc2C1=O)[nH]c1ccccc13. The number of Topliss-reactive ketones (excluding diaryl/α,β-unsaturated/α-hetero) is 1. The molecule has 2 heterocycles. The average molecular weight is 253 g/mol. The zero-order chi connectivity index (χ0) is 12.3. The minimum absolute atomic E-state index is 0.387. The average Bonchev–Trinajstić information content (AvgIpc) is 2.87. The van der Waals surface area contributed by atoms with Crippen LogP contribution in [0.25, 0.3) is 21.8 Å². The molecule has 3 aromatic rings. The van der Waals surface area contributed by atoms with Gasteiger partial charge in [0.1, 0.15) is 0 Å². The maximum Gasteiger partial charge on any atom is 0.264 e. The predicted molar refractivity (Wildman–Crippen MR) is 71.0 cm³/mol. The molecule has 4 rings (SSSR count).